The molecule has 1 N–H and O–H groups in total. The largest absolute Gasteiger partial charge is 0.240 e. The Morgan fingerprint density at radius 2 is 2.04 bits per heavy atom. The van der Waals surface area contributed by atoms with E-state index in [-0.39, 0.29) is 16.5 Å². The molecule has 0 fully saturated rings. The zero-order valence-electron chi connectivity index (χ0n) is 11.8. The Labute approximate surface area is 146 Å². The summed E-state index contributed by atoms with van der Waals surface area (Å²) in [5.41, 5.74) is 0. The zero-order valence-corrected chi connectivity index (χ0v) is 15.0. The van der Waals surface area contributed by atoms with Crippen molar-refractivity contribution in [2.45, 2.75) is 18.2 Å². The molecule has 0 saturated heterocycles. The first kappa shape index (κ1) is 16.6. The normalized spacial score (nSPS) is 12.1. The number of benzene rings is 1. The molecule has 0 saturated carbocycles. The Bertz CT molecular complexity index is 967. The van der Waals surface area contributed by atoms with Crippen molar-refractivity contribution >= 4 is 49.5 Å². The lowest BCUT2D eigenvalue weighted by Gasteiger charge is -2.06. The number of hydrogen-bond donors (Lipinski definition) is 1. The monoisotopic (exact) mass is 391 g/mol. The van der Waals surface area contributed by atoms with Crippen LogP contribution in [0.25, 0.3) is 4.96 Å². The molecule has 0 aliphatic carbocycles. The molecule has 0 atom stereocenters. The third-order valence-corrected chi connectivity index (χ3v) is 6.18. The van der Waals surface area contributed by atoms with Gasteiger partial charge in [0.2, 0.25) is 15.0 Å². The van der Waals surface area contributed by atoms with Gasteiger partial charge in [-0.05, 0) is 25.1 Å². The average Bonchev–Trinajstić information content (AvgIpc) is 3.04. The molecule has 1 aromatic carbocycles. The van der Waals surface area contributed by atoms with E-state index in [1.54, 1.807) is 11.4 Å². The molecule has 0 unspecified atom stereocenters. The number of aryl methyl sites for hydroxylation is 1. The second-order valence-electron chi connectivity index (χ2n) is 4.66. The van der Waals surface area contributed by atoms with Crippen molar-refractivity contribution in [2.75, 3.05) is 6.54 Å². The molecule has 11 heteroatoms. The van der Waals surface area contributed by atoms with Gasteiger partial charge in [-0.25, -0.2) is 13.1 Å². The highest BCUT2D eigenvalue weighted by Gasteiger charge is 2.16. The molecule has 3 aromatic rings. The molecule has 0 aliphatic rings. The second-order valence-corrected chi connectivity index (χ2v) is 8.28. The molecule has 0 bridgehead atoms. The highest BCUT2D eigenvalue weighted by molar-refractivity contribution is 7.89. The minimum Gasteiger partial charge on any atom is -0.211 e. The number of nitrogens with one attached hydrogen (secondary N) is 1. The van der Waals surface area contributed by atoms with Crippen LogP contribution in [0.5, 0.6) is 0 Å². The minimum absolute atomic E-state index is 0.0703. The summed E-state index contributed by atoms with van der Waals surface area (Å²) in [6.07, 6.45) is 0.452. The summed E-state index contributed by atoms with van der Waals surface area (Å²) in [6, 6.07) is 4.17. The summed E-state index contributed by atoms with van der Waals surface area (Å²) in [5.74, 6) is 0.693. The number of nitrogens with zero attached hydrogens (tertiary/aromatic N) is 4. The zero-order chi connectivity index (χ0) is 16.6. The summed E-state index contributed by atoms with van der Waals surface area (Å²) < 4.78 is 28.6. The van der Waals surface area contributed by atoms with E-state index >= 15 is 0 Å². The molecule has 0 aliphatic heterocycles. The van der Waals surface area contributed by atoms with Crippen LogP contribution in [0.15, 0.2) is 23.1 Å². The number of sulfonamides is 1. The lowest BCUT2D eigenvalue weighted by Crippen LogP contribution is -2.26. The minimum atomic E-state index is -3.65. The molecule has 7 nitrogen and oxygen atoms in total. The molecule has 122 valence electrons. The van der Waals surface area contributed by atoms with Crippen LogP contribution in [-0.2, 0) is 16.4 Å². The topological polar surface area (TPSA) is 89.2 Å². The highest BCUT2D eigenvalue weighted by atomic mass is 35.5. The van der Waals surface area contributed by atoms with Crippen molar-refractivity contribution in [3.05, 3.63) is 39.1 Å². The molecule has 23 heavy (non-hydrogen) atoms. The molecule has 2 aromatic heterocycles. The van der Waals surface area contributed by atoms with Gasteiger partial charge in [-0.3, -0.25) is 0 Å². The first-order valence-electron chi connectivity index (χ1n) is 6.49. The van der Waals surface area contributed by atoms with E-state index < -0.39 is 10.0 Å². The van der Waals surface area contributed by atoms with Crippen LogP contribution in [-0.4, -0.2) is 34.8 Å². The van der Waals surface area contributed by atoms with Crippen molar-refractivity contribution < 1.29 is 8.42 Å². The van der Waals surface area contributed by atoms with Crippen LogP contribution < -0.4 is 4.72 Å². The van der Waals surface area contributed by atoms with Gasteiger partial charge < -0.3 is 0 Å². The van der Waals surface area contributed by atoms with Gasteiger partial charge in [0.15, 0.2) is 5.82 Å². The van der Waals surface area contributed by atoms with Gasteiger partial charge in [0, 0.05) is 13.0 Å². The number of fused-ring (bicyclic) bond motifs is 1. The van der Waals surface area contributed by atoms with Crippen molar-refractivity contribution in [3.63, 3.8) is 0 Å². The summed E-state index contributed by atoms with van der Waals surface area (Å²) in [5, 5.41) is 13.5. The van der Waals surface area contributed by atoms with E-state index in [1.165, 1.54) is 29.5 Å². The Hall–Kier alpha value is -1.26. The lowest BCUT2D eigenvalue weighted by molar-refractivity contribution is 0.581. The Balaban J connectivity index is 1.68. The fourth-order valence-corrected chi connectivity index (χ4v) is 4.17. The fourth-order valence-electron chi connectivity index (χ4n) is 1.88. The maximum atomic E-state index is 12.2. The standard InChI is InChI=1S/C12H11Cl2N5O2S2/c1-7-16-17-12-19(7)18-11(22-12)4-5-15-23(20,21)8-2-3-9(13)10(14)6-8/h2-3,6,15H,4-5H2,1H3. The van der Waals surface area contributed by atoms with Crippen LogP contribution >= 0.6 is 34.5 Å². The summed E-state index contributed by atoms with van der Waals surface area (Å²) in [6.45, 7) is 2.02. The predicted octanol–water partition coefficient (Wildman–Crippen LogP) is 2.32. The Morgan fingerprint density at radius 3 is 2.74 bits per heavy atom. The smallest absolute Gasteiger partial charge is 0.211 e. The quantitative estimate of drug-likeness (QED) is 0.720. The fraction of sp³-hybridized carbons (Fsp3) is 0.250. The van der Waals surface area contributed by atoms with E-state index in [4.69, 9.17) is 23.2 Å². The molecule has 0 radical (unpaired) electrons. The number of aromatic nitrogens is 4. The second kappa shape index (κ2) is 6.33. The number of halogens is 2. The molecule has 0 spiro atoms. The summed E-state index contributed by atoms with van der Waals surface area (Å²) in [7, 11) is -3.65. The predicted molar refractivity (Wildman–Crippen MR) is 88.8 cm³/mol. The van der Waals surface area contributed by atoms with Crippen LogP contribution in [0.3, 0.4) is 0 Å². The first-order valence-corrected chi connectivity index (χ1v) is 9.55. The first-order chi connectivity index (χ1) is 10.9. The molecular weight excluding hydrogens is 381 g/mol. The SMILES string of the molecule is Cc1nnc2sc(CCNS(=O)(=O)c3ccc(Cl)c(Cl)c3)nn12. The maximum absolute atomic E-state index is 12.2. The van der Waals surface area contributed by atoms with Gasteiger partial charge in [0.25, 0.3) is 0 Å². The highest BCUT2D eigenvalue weighted by Crippen LogP contribution is 2.24. The summed E-state index contributed by atoms with van der Waals surface area (Å²) in [4.78, 5) is 0.755. The van der Waals surface area contributed by atoms with E-state index in [0.717, 1.165) is 5.01 Å². The molecule has 0 amide bonds. The Morgan fingerprint density at radius 1 is 1.26 bits per heavy atom. The third-order valence-electron chi connectivity index (χ3n) is 3.02. The number of rotatable bonds is 5. The maximum Gasteiger partial charge on any atom is 0.240 e. The van der Waals surface area contributed by atoms with Crippen LogP contribution in [0, 0.1) is 6.92 Å². The molecular formula is C12H11Cl2N5O2S2. The molecule has 3 rings (SSSR count). The average molecular weight is 392 g/mol. The molecule has 2 heterocycles. The van der Waals surface area contributed by atoms with Gasteiger partial charge >= 0.3 is 0 Å². The Kier molecular flexibility index (Phi) is 4.56. The van der Waals surface area contributed by atoms with Gasteiger partial charge in [-0.15, -0.1) is 10.2 Å². The van der Waals surface area contributed by atoms with Gasteiger partial charge in [-0.2, -0.15) is 9.61 Å². The lowest BCUT2D eigenvalue weighted by atomic mass is 10.4. The van der Waals surface area contributed by atoms with Crippen molar-refractivity contribution in [2.24, 2.45) is 0 Å². The van der Waals surface area contributed by atoms with Crippen LogP contribution in [0.1, 0.15) is 10.8 Å². The van der Waals surface area contributed by atoms with E-state index in [1.807, 2.05) is 0 Å². The van der Waals surface area contributed by atoms with E-state index in [2.05, 4.69) is 20.0 Å². The number of hydrogen-bond acceptors (Lipinski definition) is 6. The van der Waals surface area contributed by atoms with Crippen LogP contribution in [0.4, 0.5) is 0 Å². The van der Waals surface area contributed by atoms with E-state index in [0.29, 0.717) is 22.2 Å². The van der Waals surface area contributed by atoms with Crippen molar-refractivity contribution in [1.82, 2.24) is 24.5 Å². The van der Waals surface area contributed by atoms with Gasteiger partial charge in [0.1, 0.15) is 5.01 Å². The van der Waals surface area contributed by atoms with Crippen LogP contribution in [0.2, 0.25) is 10.0 Å². The van der Waals surface area contributed by atoms with E-state index in [9.17, 15) is 8.42 Å². The van der Waals surface area contributed by atoms with Crippen molar-refractivity contribution in [1.29, 1.82) is 0 Å². The third kappa shape index (κ3) is 3.48. The van der Waals surface area contributed by atoms with Gasteiger partial charge in [-0.1, -0.05) is 34.5 Å². The van der Waals surface area contributed by atoms with Gasteiger partial charge in [0.05, 0.1) is 14.9 Å². The van der Waals surface area contributed by atoms with Crippen molar-refractivity contribution in [3.8, 4) is 0 Å². The summed E-state index contributed by atoms with van der Waals surface area (Å²) >= 11 is 13.0.